The smallest absolute Gasteiger partial charge is 0.410 e. The van der Waals surface area contributed by atoms with E-state index in [0.717, 1.165) is 5.01 Å². The number of aromatic nitrogens is 2. The van der Waals surface area contributed by atoms with Gasteiger partial charge in [0.1, 0.15) is 15.6 Å². The molecule has 4 atom stereocenters. The molecular weight excluding hydrogens is 685 g/mol. The van der Waals surface area contributed by atoms with Crippen LogP contribution in [0, 0.1) is 0 Å². The number of benzene rings is 1. The van der Waals surface area contributed by atoms with Gasteiger partial charge in [-0.25, -0.2) is 24.4 Å². The molecule has 16 heteroatoms. The highest BCUT2D eigenvalue weighted by Crippen LogP contribution is 2.36. The van der Waals surface area contributed by atoms with Gasteiger partial charge in [-0.2, -0.15) is 0 Å². The van der Waals surface area contributed by atoms with Crippen molar-refractivity contribution in [2.24, 2.45) is 0 Å². The molecular formula is C34H42N6O8S2. The first-order chi connectivity index (χ1) is 23.8. The number of esters is 2. The third kappa shape index (κ3) is 8.84. The maximum Gasteiger partial charge on any atom is 0.410 e. The van der Waals surface area contributed by atoms with Gasteiger partial charge in [-0.3, -0.25) is 19.4 Å². The molecule has 2 aliphatic heterocycles. The summed E-state index contributed by atoms with van der Waals surface area (Å²) in [7, 11) is 1.95. The number of likely N-dealkylation sites (N-methyl/N-ethyl adjacent to an activating group) is 1. The zero-order valence-corrected chi connectivity index (χ0v) is 30.5. The second kappa shape index (κ2) is 15.6. The van der Waals surface area contributed by atoms with Crippen LogP contribution in [-0.4, -0.2) is 101 Å². The third-order valence-electron chi connectivity index (χ3n) is 8.14. The molecule has 2 saturated heterocycles. The van der Waals surface area contributed by atoms with E-state index in [-0.39, 0.29) is 55.0 Å². The van der Waals surface area contributed by atoms with Gasteiger partial charge in [0, 0.05) is 47.1 Å². The van der Waals surface area contributed by atoms with Crippen molar-refractivity contribution in [1.82, 2.24) is 30.4 Å². The summed E-state index contributed by atoms with van der Waals surface area (Å²) >= 11 is 2.64. The summed E-state index contributed by atoms with van der Waals surface area (Å²) in [5.74, 6) is -1.61. The van der Waals surface area contributed by atoms with Gasteiger partial charge in [0.25, 0.3) is 11.8 Å². The maximum atomic E-state index is 13.3. The van der Waals surface area contributed by atoms with Crippen molar-refractivity contribution in [2.75, 3.05) is 33.4 Å². The second-order valence-electron chi connectivity index (χ2n) is 13.1. The zero-order valence-electron chi connectivity index (χ0n) is 28.9. The molecule has 4 heterocycles. The topological polar surface area (TPSA) is 169 Å². The van der Waals surface area contributed by atoms with E-state index in [1.807, 2.05) is 7.05 Å². The van der Waals surface area contributed by atoms with Crippen molar-refractivity contribution in [3.8, 4) is 0 Å². The lowest BCUT2D eigenvalue weighted by molar-refractivity contribution is 0.0220. The van der Waals surface area contributed by atoms with Crippen molar-refractivity contribution < 1.29 is 38.2 Å². The standard InChI is InChI=1S/C34H42N6O8S2/c1-7-46-31(43)23-17-49-29(37-23)25-13-21(15-39(25)6)35-27(41)19-9-11-20(12-10-19)28(42)36-22-14-26(40(16-22)33(45)48-34(3,4)5)30-38-24(18-50-30)32(44)47-8-2/h9-12,17-18,21-22,25-26H,7-8,13-16H2,1-6H3,(H,35,41)(H,36,42). The van der Waals surface area contributed by atoms with E-state index in [1.54, 1.807) is 69.6 Å². The van der Waals surface area contributed by atoms with E-state index < -0.39 is 35.7 Å². The Morgan fingerprint density at radius 3 is 1.72 bits per heavy atom. The predicted molar refractivity (Wildman–Crippen MR) is 185 cm³/mol. The van der Waals surface area contributed by atoms with Crippen LogP contribution >= 0.6 is 22.7 Å². The minimum atomic E-state index is -0.734. The van der Waals surface area contributed by atoms with Gasteiger partial charge in [-0.15, -0.1) is 22.7 Å². The molecule has 0 spiro atoms. The third-order valence-corrected chi connectivity index (χ3v) is 10.0. The largest absolute Gasteiger partial charge is 0.461 e. The number of nitrogens with one attached hydrogen (secondary N) is 2. The number of hydrogen-bond acceptors (Lipinski definition) is 13. The van der Waals surface area contributed by atoms with Gasteiger partial charge < -0.3 is 24.8 Å². The monoisotopic (exact) mass is 726 g/mol. The second-order valence-corrected chi connectivity index (χ2v) is 14.9. The van der Waals surface area contributed by atoms with Gasteiger partial charge in [0.2, 0.25) is 0 Å². The van der Waals surface area contributed by atoms with E-state index in [0.29, 0.717) is 35.5 Å². The zero-order chi connectivity index (χ0) is 36.2. The summed E-state index contributed by atoms with van der Waals surface area (Å²) in [6, 6.07) is 5.26. The Hall–Kier alpha value is -4.41. The number of ether oxygens (including phenoxy) is 3. The minimum absolute atomic E-state index is 0.0452. The Balaban J connectivity index is 1.19. The highest BCUT2D eigenvalue weighted by Gasteiger charge is 2.41. The Labute approximate surface area is 298 Å². The van der Waals surface area contributed by atoms with Crippen molar-refractivity contribution in [3.05, 3.63) is 67.6 Å². The fourth-order valence-electron chi connectivity index (χ4n) is 5.88. The van der Waals surface area contributed by atoms with Crippen LogP contribution < -0.4 is 10.6 Å². The number of amides is 3. The summed E-state index contributed by atoms with van der Waals surface area (Å²) < 4.78 is 15.7. The quantitative estimate of drug-likeness (QED) is 0.221. The predicted octanol–water partition coefficient (Wildman–Crippen LogP) is 4.61. The Morgan fingerprint density at radius 2 is 1.24 bits per heavy atom. The first-order valence-electron chi connectivity index (χ1n) is 16.4. The van der Waals surface area contributed by atoms with Gasteiger partial charge in [-0.05, 0) is 78.8 Å². The van der Waals surface area contributed by atoms with E-state index in [9.17, 15) is 24.0 Å². The normalized spacial score (nSPS) is 20.7. The van der Waals surface area contributed by atoms with Gasteiger partial charge >= 0.3 is 18.0 Å². The summed E-state index contributed by atoms with van der Waals surface area (Å²) in [5, 5.41) is 10.7. The van der Waals surface area contributed by atoms with Crippen molar-refractivity contribution in [2.45, 2.75) is 77.2 Å². The molecule has 0 bridgehead atoms. The molecule has 0 aliphatic carbocycles. The molecule has 50 heavy (non-hydrogen) atoms. The summed E-state index contributed by atoms with van der Waals surface area (Å²) in [4.78, 5) is 76.4. The molecule has 2 fully saturated rings. The number of nitrogens with zero attached hydrogens (tertiary/aromatic N) is 4. The minimum Gasteiger partial charge on any atom is -0.461 e. The maximum absolute atomic E-state index is 13.3. The summed E-state index contributed by atoms with van der Waals surface area (Å²) in [5.41, 5.74) is 0.479. The molecule has 3 amide bonds. The van der Waals surface area contributed by atoms with E-state index >= 15 is 0 Å². The molecule has 5 rings (SSSR count). The first-order valence-corrected chi connectivity index (χ1v) is 18.2. The lowest BCUT2D eigenvalue weighted by Gasteiger charge is -2.27. The fraction of sp³-hybridized carbons (Fsp3) is 0.500. The number of carbonyl (C=O) groups is 5. The molecule has 4 unspecified atom stereocenters. The van der Waals surface area contributed by atoms with Crippen LogP contribution in [0.2, 0.25) is 0 Å². The number of thiazole rings is 2. The number of carbonyl (C=O) groups excluding carboxylic acids is 5. The molecule has 1 aromatic carbocycles. The summed E-state index contributed by atoms with van der Waals surface area (Å²) in [6.45, 7) is 10.1. The van der Waals surface area contributed by atoms with E-state index in [2.05, 4.69) is 25.5 Å². The fourth-order valence-corrected chi connectivity index (χ4v) is 7.76. The molecule has 3 aromatic rings. The van der Waals surface area contributed by atoms with Crippen LogP contribution in [0.5, 0.6) is 0 Å². The van der Waals surface area contributed by atoms with Crippen molar-refractivity contribution >= 4 is 52.5 Å². The van der Waals surface area contributed by atoms with Crippen molar-refractivity contribution in [1.29, 1.82) is 0 Å². The van der Waals surface area contributed by atoms with Gasteiger partial charge in [0.05, 0.1) is 25.3 Å². The molecule has 14 nitrogen and oxygen atoms in total. The lowest BCUT2D eigenvalue weighted by atomic mass is 10.1. The van der Waals surface area contributed by atoms with Gasteiger partial charge in [-0.1, -0.05) is 0 Å². The highest BCUT2D eigenvalue weighted by atomic mass is 32.1. The van der Waals surface area contributed by atoms with Crippen molar-refractivity contribution in [3.63, 3.8) is 0 Å². The molecule has 0 saturated carbocycles. The lowest BCUT2D eigenvalue weighted by Crippen LogP contribution is -2.40. The van der Waals surface area contributed by atoms with Crippen LogP contribution in [0.4, 0.5) is 4.79 Å². The van der Waals surface area contributed by atoms with Gasteiger partial charge in [0.15, 0.2) is 11.4 Å². The first kappa shape index (κ1) is 36.9. The number of hydrogen-bond donors (Lipinski definition) is 2. The Bertz CT molecular complexity index is 1720. The Kier molecular flexibility index (Phi) is 11.5. The molecule has 0 radical (unpaired) electrons. The SMILES string of the molecule is CCOC(=O)c1csc(C2CC(NC(=O)c3ccc(C(=O)NC4CC(c5nc(C(=O)OCC)cs5)N(C(=O)OC(C)(C)C)C4)cc3)CN2C)n1. The van der Waals surface area contributed by atoms with Crippen LogP contribution in [-0.2, 0) is 14.2 Å². The van der Waals surface area contributed by atoms with Crippen LogP contribution in [0.3, 0.4) is 0 Å². The molecule has 2 N–H and O–H groups in total. The molecule has 2 aliphatic rings. The van der Waals surface area contributed by atoms with E-state index in [4.69, 9.17) is 14.2 Å². The number of rotatable bonds is 10. The average molecular weight is 727 g/mol. The molecule has 2 aromatic heterocycles. The van der Waals surface area contributed by atoms with E-state index in [1.165, 1.54) is 27.6 Å². The van der Waals surface area contributed by atoms with Crippen LogP contribution in [0.25, 0.3) is 0 Å². The van der Waals surface area contributed by atoms with Crippen LogP contribution in [0.1, 0.15) is 111 Å². The Morgan fingerprint density at radius 1 is 0.780 bits per heavy atom. The molecule has 268 valence electrons. The number of likely N-dealkylation sites (tertiary alicyclic amines) is 2. The average Bonchev–Trinajstić information content (AvgIpc) is 3.87. The summed E-state index contributed by atoms with van der Waals surface area (Å²) in [6.07, 6.45) is 0.450. The van der Waals surface area contributed by atoms with Crippen LogP contribution in [0.15, 0.2) is 35.0 Å². The highest BCUT2D eigenvalue weighted by molar-refractivity contribution is 7.10.